The van der Waals surface area contributed by atoms with E-state index in [0.717, 1.165) is 19.3 Å². The SMILES string of the molecule is C=CCNC(=O)C(=O)C(CC1CCC1)NC(=O)C1CCCN1C(=O)C(N)C(C)(C)C. The Hall–Kier alpha value is -2.22. The summed E-state index contributed by atoms with van der Waals surface area (Å²) in [4.78, 5) is 52.2. The highest BCUT2D eigenvalue weighted by molar-refractivity contribution is 6.38. The van der Waals surface area contributed by atoms with Gasteiger partial charge in [0, 0.05) is 13.1 Å². The van der Waals surface area contributed by atoms with Gasteiger partial charge >= 0.3 is 0 Å². The van der Waals surface area contributed by atoms with Crippen LogP contribution in [0.5, 0.6) is 0 Å². The van der Waals surface area contributed by atoms with E-state index >= 15 is 0 Å². The summed E-state index contributed by atoms with van der Waals surface area (Å²) < 4.78 is 0. The van der Waals surface area contributed by atoms with Gasteiger partial charge in [-0.1, -0.05) is 46.1 Å². The third kappa shape index (κ3) is 5.90. The highest BCUT2D eigenvalue weighted by atomic mass is 16.2. The van der Waals surface area contributed by atoms with Crippen molar-refractivity contribution in [2.24, 2.45) is 17.1 Å². The Bertz CT molecular complexity index is 681. The van der Waals surface area contributed by atoms with Crippen LogP contribution >= 0.6 is 0 Å². The third-order valence-corrected chi connectivity index (χ3v) is 6.10. The summed E-state index contributed by atoms with van der Waals surface area (Å²) in [6.45, 7) is 9.82. The van der Waals surface area contributed by atoms with Crippen LogP contribution in [-0.2, 0) is 19.2 Å². The molecule has 0 bridgehead atoms. The van der Waals surface area contributed by atoms with Crippen molar-refractivity contribution >= 4 is 23.5 Å². The van der Waals surface area contributed by atoms with Gasteiger partial charge in [-0.15, -0.1) is 6.58 Å². The van der Waals surface area contributed by atoms with Crippen LogP contribution in [0.25, 0.3) is 0 Å². The van der Waals surface area contributed by atoms with Gasteiger partial charge in [-0.25, -0.2) is 0 Å². The quantitative estimate of drug-likeness (QED) is 0.378. The Kier molecular flexibility index (Phi) is 8.18. The van der Waals surface area contributed by atoms with Gasteiger partial charge < -0.3 is 21.3 Å². The second-order valence-corrected chi connectivity index (χ2v) is 9.49. The Balaban J connectivity index is 2.09. The maximum Gasteiger partial charge on any atom is 0.289 e. The minimum Gasteiger partial charge on any atom is -0.346 e. The van der Waals surface area contributed by atoms with E-state index in [9.17, 15) is 19.2 Å². The van der Waals surface area contributed by atoms with E-state index in [-0.39, 0.29) is 12.5 Å². The van der Waals surface area contributed by atoms with Crippen molar-refractivity contribution in [2.75, 3.05) is 13.1 Å². The molecule has 3 unspecified atom stereocenters. The van der Waals surface area contributed by atoms with Crippen molar-refractivity contribution in [3.8, 4) is 0 Å². The molecule has 8 nitrogen and oxygen atoms in total. The zero-order chi connectivity index (χ0) is 22.5. The second-order valence-electron chi connectivity index (χ2n) is 9.49. The number of amides is 3. The molecular formula is C22H36N4O4. The predicted octanol–water partition coefficient (Wildman–Crippen LogP) is 0.897. The number of nitrogens with zero attached hydrogens (tertiary/aromatic N) is 1. The first kappa shape index (κ1) is 24.1. The summed E-state index contributed by atoms with van der Waals surface area (Å²) in [5.41, 5.74) is 5.70. The first-order valence-corrected chi connectivity index (χ1v) is 10.9. The molecule has 0 spiro atoms. The van der Waals surface area contributed by atoms with E-state index in [1.54, 1.807) is 0 Å². The van der Waals surface area contributed by atoms with Crippen LogP contribution < -0.4 is 16.4 Å². The summed E-state index contributed by atoms with van der Waals surface area (Å²) in [6, 6.07) is -2.27. The van der Waals surface area contributed by atoms with Crippen molar-refractivity contribution < 1.29 is 19.2 Å². The van der Waals surface area contributed by atoms with Crippen LogP contribution in [0.1, 0.15) is 59.3 Å². The van der Waals surface area contributed by atoms with Gasteiger partial charge in [-0.3, -0.25) is 19.2 Å². The molecule has 2 fully saturated rings. The Morgan fingerprint density at radius 2 is 1.83 bits per heavy atom. The average Bonchev–Trinajstić information content (AvgIpc) is 3.15. The van der Waals surface area contributed by atoms with E-state index in [1.165, 1.54) is 11.0 Å². The molecule has 1 saturated carbocycles. The van der Waals surface area contributed by atoms with Crippen LogP contribution in [0, 0.1) is 11.3 Å². The number of nitrogens with two attached hydrogens (primary N) is 1. The summed E-state index contributed by atoms with van der Waals surface area (Å²) in [5, 5.41) is 5.25. The highest BCUT2D eigenvalue weighted by Crippen LogP contribution is 2.31. The van der Waals surface area contributed by atoms with Gasteiger partial charge in [0.05, 0.1) is 12.1 Å². The number of hydrogen-bond acceptors (Lipinski definition) is 5. The molecule has 0 aromatic rings. The lowest BCUT2D eigenvalue weighted by Gasteiger charge is -2.34. The molecule has 1 heterocycles. The summed E-state index contributed by atoms with van der Waals surface area (Å²) in [5.74, 6) is -1.71. The topological polar surface area (TPSA) is 122 Å². The van der Waals surface area contributed by atoms with Crippen molar-refractivity contribution in [3.05, 3.63) is 12.7 Å². The monoisotopic (exact) mass is 420 g/mol. The van der Waals surface area contributed by atoms with Gasteiger partial charge in [-0.05, 0) is 30.6 Å². The molecule has 3 atom stereocenters. The number of ketones is 1. The van der Waals surface area contributed by atoms with Crippen LogP contribution in [0.15, 0.2) is 12.7 Å². The van der Waals surface area contributed by atoms with Crippen LogP contribution in [0.3, 0.4) is 0 Å². The Labute approximate surface area is 179 Å². The van der Waals surface area contributed by atoms with Gasteiger partial charge in [-0.2, -0.15) is 0 Å². The predicted molar refractivity (Wildman–Crippen MR) is 114 cm³/mol. The number of carbonyl (C=O) groups is 4. The molecule has 1 aliphatic heterocycles. The van der Waals surface area contributed by atoms with Gasteiger partial charge in [0.25, 0.3) is 5.91 Å². The fraction of sp³-hybridized carbons (Fsp3) is 0.727. The molecule has 168 valence electrons. The molecule has 1 saturated heterocycles. The molecule has 0 radical (unpaired) electrons. The second kappa shape index (κ2) is 10.2. The van der Waals surface area contributed by atoms with E-state index in [4.69, 9.17) is 5.73 Å². The number of hydrogen-bond donors (Lipinski definition) is 3. The van der Waals surface area contributed by atoms with E-state index in [0.29, 0.717) is 31.7 Å². The van der Waals surface area contributed by atoms with E-state index < -0.39 is 41.1 Å². The van der Waals surface area contributed by atoms with Crippen molar-refractivity contribution in [2.45, 2.75) is 77.4 Å². The van der Waals surface area contributed by atoms with E-state index in [1.807, 2.05) is 20.8 Å². The third-order valence-electron chi connectivity index (χ3n) is 6.10. The van der Waals surface area contributed by atoms with Gasteiger partial charge in [0.2, 0.25) is 17.6 Å². The first-order valence-electron chi connectivity index (χ1n) is 10.9. The summed E-state index contributed by atoms with van der Waals surface area (Å²) in [6.07, 6.45) is 6.21. The van der Waals surface area contributed by atoms with E-state index in [2.05, 4.69) is 17.2 Å². The largest absolute Gasteiger partial charge is 0.346 e. The number of Topliss-reactive ketones (excluding diaryl/α,β-unsaturated/α-hetero) is 1. The minimum atomic E-state index is -0.888. The Morgan fingerprint density at radius 1 is 1.17 bits per heavy atom. The lowest BCUT2D eigenvalue weighted by molar-refractivity contribution is -0.143. The molecule has 0 aromatic carbocycles. The minimum absolute atomic E-state index is 0.185. The lowest BCUT2D eigenvalue weighted by atomic mass is 9.80. The maximum atomic E-state index is 13.0. The van der Waals surface area contributed by atoms with Crippen LogP contribution in [0.4, 0.5) is 0 Å². The number of carbonyl (C=O) groups excluding carboxylic acids is 4. The standard InChI is InChI=1S/C22H36N4O4/c1-5-11-24-20(29)17(27)15(13-14-8-6-9-14)25-19(28)16-10-7-12-26(16)21(30)18(23)22(2,3)4/h5,14-16,18H,1,6-13,23H2,2-4H3,(H,24,29)(H,25,28). The fourth-order valence-electron chi connectivity index (χ4n) is 3.82. The lowest BCUT2D eigenvalue weighted by Crippen LogP contribution is -2.57. The first-order chi connectivity index (χ1) is 14.1. The molecular weight excluding hydrogens is 384 g/mol. The number of nitrogens with one attached hydrogen (secondary N) is 2. The van der Waals surface area contributed by atoms with Crippen LogP contribution in [0.2, 0.25) is 0 Å². The van der Waals surface area contributed by atoms with Crippen molar-refractivity contribution in [3.63, 3.8) is 0 Å². The molecule has 4 N–H and O–H groups in total. The maximum absolute atomic E-state index is 13.0. The average molecular weight is 421 g/mol. The Morgan fingerprint density at radius 3 is 2.37 bits per heavy atom. The molecule has 0 aromatic heterocycles. The molecule has 2 rings (SSSR count). The smallest absolute Gasteiger partial charge is 0.289 e. The number of rotatable bonds is 9. The zero-order valence-electron chi connectivity index (χ0n) is 18.4. The number of likely N-dealkylation sites (tertiary alicyclic amines) is 1. The van der Waals surface area contributed by atoms with Gasteiger partial charge in [0.15, 0.2) is 0 Å². The molecule has 8 heteroatoms. The van der Waals surface area contributed by atoms with Crippen LogP contribution in [-0.4, -0.2) is 59.6 Å². The highest BCUT2D eigenvalue weighted by Gasteiger charge is 2.41. The molecule has 2 aliphatic rings. The van der Waals surface area contributed by atoms with Crippen molar-refractivity contribution in [1.82, 2.24) is 15.5 Å². The zero-order valence-corrected chi connectivity index (χ0v) is 18.4. The van der Waals surface area contributed by atoms with Crippen molar-refractivity contribution in [1.29, 1.82) is 0 Å². The fourth-order valence-corrected chi connectivity index (χ4v) is 3.82. The normalized spacial score (nSPS) is 21.3. The summed E-state index contributed by atoms with van der Waals surface area (Å²) in [7, 11) is 0. The molecule has 30 heavy (non-hydrogen) atoms. The molecule has 3 amide bonds. The summed E-state index contributed by atoms with van der Waals surface area (Å²) >= 11 is 0. The van der Waals surface area contributed by atoms with Gasteiger partial charge in [0.1, 0.15) is 6.04 Å². The molecule has 1 aliphatic carbocycles.